The first-order chi connectivity index (χ1) is 11.1. The molecule has 1 aromatic heterocycles. The van der Waals surface area contributed by atoms with E-state index in [-0.39, 0.29) is 22.4 Å². The number of rotatable bonds is 4. The van der Waals surface area contributed by atoms with Gasteiger partial charge in [0.05, 0.1) is 22.0 Å². The van der Waals surface area contributed by atoms with Crippen LogP contribution in [0.1, 0.15) is 11.3 Å². The lowest BCUT2D eigenvalue weighted by atomic mass is 10.2. The van der Waals surface area contributed by atoms with Crippen molar-refractivity contribution in [1.29, 1.82) is 0 Å². The van der Waals surface area contributed by atoms with Gasteiger partial charge in [-0.25, -0.2) is 9.97 Å². The minimum absolute atomic E-state index is 0.0171. The van der Waals surface area contributed by atoms with Crippen LogP contribution in [0.3, 0.4) is 0 Å². The van der Waals surface area contributed by atoms with E-state index >= 15 is 0 Å². The Bertz CT molecular complexity index is 750. The van der Waals surface area contributed by atoms with Crippen LogP contribution in [0.5, 0.6) is 0 Å². The molecular formula is C14H12ClF3N4OS. The molecule has 5 nitrogen and oxygen atoms in total. The lowest BCUT2D eigenvalue weighted by molar-refractivity contribution is -0.137. The van der Waals surface area contributed by atoms with Crippen molar-refractivity contribution in [3.05, 3.63) is 40.5 Å². The zero-order valence-corrected chi connectivity index (χ0v) is 13.9. The monoisotopic (exact) mass is 376 g/mol. The molecule has 0 aliphatic carbocycles. The first-order valence-electron chi connectivity index (χ1n) is 6.55. The second kappa shape index (κ2) is 7.27. The molecule has 2 aromatic rings. The van der Waals surface area contributed by atoms with Gasteiger partial charge in [-0.05, 0) is 31.2 Å². The molecule has 0 aliphatic rings. The molecule has 1 aromatic carbocycles. The molecule has 0 atom stereocenters. The van der Waals surface area contributed by atoms with Crippen LogP contribution in [0.4, 0.5) is 24.8 Å². The quantitative estimate of drug-likeness (QED) is 0.627. The number of aromatic nitrogens is 2. The topological polar surface area (TPSA) is 80.9 Å². The van der Waals surface area contributed by atoms with Crippen molar-refractivity contribution in [2.45, 2.75) is 18.1 Å². The summed E-state index contributed by atoms with van der Waals surface area (Å²) in [5.41, 5.74) is 5.16. The molecule has 0 fully saturated rings. The summed E-state index contributed by atoms with van der Waals surface area (Å²) in [6, 6.07) is 4.37. The standard InChI is InChI=1S/C14H12ClF3N4OS/c1-7-4-12(22-13(19)20-7)24-6-11(23)21-10-5-8(14(16,17)18)2-3-9(10)15/h2-5H,6H2,1H3,(H,21,23)(H2,19,20,22). The van der Waals surface area contributed by atoms with Gasteiger partial charge < -0.3 is 11.1 Å². The summed E-state index contributed by atoms with van der Waals surface area (Å²) in [5, 5.41) is 2.86. The van der Waals surface area contributed by atoms with Crippen LogP contribution >= 0.6 is 23.4 Å². The Hall–Kier alpha value is -2.00. The van der Waals surface area contributed by atoms with E-state index < -0.39 is 17.6 Å². The van der Waals surface area contributed by atoms with Gasteiger partial charge in [-0.1, -0.05) is 23.4 Å². The van der Waals surface area contributed by atoms with E-state index in [1.54, 1.807) is 13.0 Å². The predicted molar refractivity (Wildman–Crippen MR) is 87.0 cm³/mol. The number of alkyl halides is 3. The van der Waals surface area contributed by atoms with Gasteiger partial charge in [-0.2, -0.15) is 13.2 Å². The van der Waals surface area contributed by atoms with Gasteiger partial charge in [-0.3, -0.25) is 4.79 Å². The number of aryl methyl sites for hydroxylation is 1. The van der Waals surface area contributed by atoms with Gasteiger partial charge in [0.15, 0.2) is 0 Å². The fraction of sp³-hybridized carbons (Fsp3) is 0.214. The van der Waals surface area contributed by atoms with Crippen molar-refractivity contribution in [2.75, 3.05) is 16.8 Å². The number of nitrogens with zero attached hydrogens (tertiary/aromatic N) is 2. The molecule has 0 unspecified atom stereocenters. The Morgan fingerprint density at radius 1 is 1.33 bits per heavy atom. The zero-order valence-electron chi connectivity index (χ0n) is 12.3. The summed E-state index contributed by atoms with van der Waals surface area (Å²) in [6.07, 6.45) is -4.52. The van der Waals surface area contributed by atoms with Crippen LogP contribution in [0.15, 0.2) is 29.3 Å². The van der Waals surface area contributed by atoms with Crippen molar-refractivity contribution >= 4 is 40.9 Å². The molecule has 0 aliphatic heterocycles. The maximum absolute atomic E-state index is 12.7. The number of anilines is 2. The summed E-state index contributed by atoms with van der Waals surface area (Å²) in [4.78, 5) is 19.8. The van der Waals surface area contributed by atoms with Gasteiger partial charge in [0.2, 0.25) is 11.9 Å². The number of nitrogens with one attached hydrogen (secondary N) is 1. The maximum atomic E-state index is 12.7. The maximum Gasteiger partial charge on any atom is 0.416 e. The average molecular weight is 377 g/mol. The van der Waals surface area contributed by atoms with Gasteiger partial charge >= 0.3 is 6.18 Å². The summed E-state index contributed by atoms with van der Waals surface area (Å²) < 4.78 is 38.1. The van der Waals surface area contributed by atoms with Gasteiger partial charge in [0.25, 0.3) is 0 Å². The zero-order chi connectivity index (χ0) is 17.9. The van der Waals surface area contributed by atoms with Crippen molar-refractivity contribution in [3.63, 3.8) is 0 Å². The van der Waals surface area contributed by atoms with E-state index in [1.807, 2.05) is 0 Å². The second-order valence-electron chi connectivity index (χ2n) is 4.73. The largest absolute Gasteiger partial charge is 0.416 e. The summed E-state index contributed by atoms with van der Waals surface area (Å²) in [6.45, 7) is 1.73. The van der Waals surface area contributed by atoms with Crippen LogP contribution in [-0.4, -0.2) is 21.6 Å². The van der Waals surface area contributed by atoms with Crippen LogP contribution in [0.25, 0.3) is 0 Å². The number of carbonyl (C=O) groups is 1. The highest BCUT2D eigenvalue weighted by molar-refractivity contribution is 7.99. The van der Waals surface area contributed by atoms with Crippen LogP contribution < -0.4 is 11.1 Å². The Labute approximate surface area is 144 Å². The summed E-state index contributed by atoms with van der Waals surface area (Å²) in [7, 11) is 0. The average Bonchev–Trinajstić information content (AvgIpc) is 2.45. The highest BCUT2D eigenvalue weighted by Gasteiger charge is 2.31. The van der Waals surface area contributed by atoms with Crippen molar-refractivity contribution in [1.82, 2.24) is 9.97 Å². The molecule has 0 spiro atoms. The lowest BCUT2D eigenvalue weighted by Gasteiger charge is -2.11. The first-order valence-corrected chi connectivity index (χ1v) is 7.92. The van der Waals surface area contributed by atoms with E-state index in [0.717, 1.165) is 30.0 Å². The third kappa shape index (κ3) is 5.00. The van der Waals surface area contributed by atoms with Crippen molar-refractivity contribution in [2.24, 2.45) is 0 Å². The Kier molecular flexibility index (Phi) is 5.55. The molecule has 1 amide bonds. The molecule has 0 saturated heterocycles. The molecule has 24 heavy (non-hydrogen) atoms. The number of halogens is 4. The van der Waals surface area contributed by atoms with E-state index in [0.29, 0.717) is 10.7 Å². The van der Waals surface area contributed by atoms with Gasteiger partial charge in [0, 0.05) is 5.69 Å². The van der Waals surface area contributed by atoms with Crippen LogP contribution in [-0.2, 0) is 11.0 Å². The number of thioether (sulfide) groups is 1. The number of carbonyl (C=O) groups excluding carboxylic acids is 1. The van der Waals surface area contributed by atoms with E-state index in [4.69, 9.17) is 17.3 Å². The minimum atomic E-state index is -4.52. The molecular weight excluding hydrogens is 365 g/mol. The van der Waals surface area contributed by atoms with Gasteiger partial charge in [0.1, 0.15) is 5.03 Å². The number of hydrogen-bond acceptors (Lipinski definition) is 5. The number of nitrogens with two attached hydrogens (primary N) is 1. The molecule has 3 N–H and O–H groups in total. The number of nitrogen functional groups attached to an aromatic ring is 1. The Balaban J connectivity index is 2.04. The molecule has 1 heterocycles. The third-order valence-corrected chi connectivity index (χ3v) is 4.01. The smallest absolute Gasteiger partial charge is 0.368 e. The Morgan fingerprint density at radius 3 is 2.67 bits per heavy atom. The lowest BCUT2D eigenvalue weighted by Crippen LogP contribution is -2.15. The number of benzene rings is 1. The van der Waals surface area contributed by atoms with Crippen LogP contribution in [0.2, 0.25) is 5.02 Å². The first kappa shape index (κ1) is 18.3. The molecule has 0 bridgehead atoms. The number of hydrogen-bond donors (Lipinski definition) is 2. The normalized spacial score (nSPS) is 11.4. The van der Waals surface area contributed by atoms with Crippen LogP contribution in [0, 0.1) is 6.92 Å². The number of amides is 1. The highest BCUT2D eigenvalue weighted by Crippen LogP contribution is 2.33. The molecule has 2 rings (SSSR count). The molecule has 128 valence electrons. The SMILES string of the molecule is Cc1cc(SCC(=O)Nc2cc(C(F)(F)F)ccc2Cl)nc(N)n1. The summed E-state index contributed by atoms with van der Waals surface area (Å²) in [5.74, 6) is -0.502. The summed E-state index contributed by atoms with van der Waals surface area (Å²) >= 11 is 6.91. The predicted octanol–water partition coefficient (Wildman–Crippen LogP) is 3.77. The van der Waals surface area contributed by atoms with Crippen molar-refractivity contribution in [3.8, 4) is 0 Å². The van der Waals surface area contributed by atoms with E-state index in [1.165, 1.54) is 0 Å². The minimum Gasteiger partial charge on any atom is -0.368 e. The van der Waals surface area contributed by atoms with E-state index in [2.05, 4.69) is 15.3 Å². The fourth-order valence-electron chi connectivity index (χ4n) is 1.76. The Morgan fingerprint density at radius 2 is 2.04 bits per heavy atom. The van der Waals surface area contributed by atoms with Crippen molar-refractivity contribution < 1.29 is 18.0 Å². The molecule has 10 heteroatoms. The molecule has 0 radical (unpaired) electrons. The van der Waals surface area contributed by atoms with Gasteiger partial charge in [-0.15, -0.1) is 0 Å². The second-order valence-corrected chi connectivity index (χ2v) is 6.14. The fourth-order valence-corrected chi connectivity index (χ4v) is 2.69. The highest BCUT2D eigenvalue weighted by atomic mass is 35.5. The van der Waals surface area contributed by atoms with E-state index in [9.17, 15) is 18.0 Å². The molecule has 0 saturated carbocycles. The third-order valence-electron chi connectivity index (χ3n) is 2.77.